The molecule has 1 aromatic rings. The summed E-state index contributed by atoms with van der Waals surface area (Å²) in [6, 6.07) is -1.10. The number of nitrogens with one attached hydrogen (secondary N) is 1. The molecular formula is C33H43N7O10S2. The molecule has 19 heteroatoms. The van der Waals surface area contributed by atoms with E-state index in [1.807, 2.05) is 0 Å². The molecular weight excluding hydrogens is 719 g/mol. The fourth-order valence-electron chi connectivity index (χ4n) is 8.49. The van der Waals surface area contributed by atoms with Crippen molar-refractivity contribution in [2.24, 2.45) is 17.0 Å². The standard InChI is InChI=1S/C19H24N6O5S2.C14H19NO5/c1-25(5-3-4-6-25)7-10-8-31-17-13(16(27)24(17)14(10)18(28)29)22-15(26)12(23-30-2)11-9-32-19(20)21-11;1-6(16)9-11-7-4-3-5-8(20-2)10(7)12(14(18)19)15(11)13(9)17/h9,13,17H,3-8H2,1-2H3,(H3-,20,21,22,26,28,29);6-9,11,16H,3-5H2,1-2H3,(H,18,19)/b23-12-;/t13-,17-;6-,7+,8+,9-,11-/m11/s1. The minimum absolute atomic E-state index is 0.0112. The summed E-state index contributed by atoms with van der Waals surface area (Å²) >= 11 is 2.57. The number of anilines is 1. The Morgan fingerprint density at radius 1 is 1.15 bits per heavy atom. The number of likely N-dealkylation sites (N-methyl/N-ethyl adjacent to an activating group) is 1. The Balaban J connectivity index is 0.000000198. The molecule has 5 N–H and O–H groups in total. The number of rotatable bonds is 10. The number of carboxylic acids is 2. The number of hydrogen-bond donors (Lipinski definition) is 4. The van der Waals surface area contributed by atoms with Crippen LogP contribution in [0.5, 0.6) is 0 Å². The number of carbonyl (C=O) groups excluding carboxylic acids is 4. The highest BCUT2D eigenvalue weighted by atomic mass is 32.2. The van der Waals surface area contributed by atoms with Gasteiger partial charge in [-0.25, -0.2) is 9.78 Å². The highest BCUT2D eigenvalue weighted by molar-refractivity contribution is 8.00. The Morgan fingerprint density at radius 2 is 1.87 bits per heavy atom. The number of oxime groups is 1. The quantitative estimate of drug-likeness (QED) is 0.0979. The van der Waals surface area contributed by atoms with E-state index in [1.54, 1.807) is 19.4 Å². The number of nitrogens with zero attached hydrogens (tertiary/aromatic N) is 5. The van der Waals surface area contributed by atoms with Gasteiger partial charge in [-0.05, 0) is 31.8 Å². The zero-order valence-corrected chi connectivity index (χ0v) is 30.9. The first-order chi connectivity index (χ1) is 24.7. The molecule has 3 amide bonds. The third-order valence-corrected chi connectivity index (χ3v) is 12.8. The number of β-lactam (4-membered cyclic amide) rings is 2. The van der Waals surface area contributed by atoms with Crippen molar-refractivity contribution >= 4 is 63.6 Å². The van der Waals surface area contributed by atoms with Gasteiger partial charge in [0.2, 0.25) is 5.91 Å². The third kappa shape index (κ3) is 6.56. The molecule has 17 nitrogen and oxygen atoms in total. The molecule has 4 fully saturated rings. The maximum absolute atomic E-state index is 12.9. The number of likely N-dealkylation sites (tertiary alicyclic amines) is 1. The Kier molecular flexibility index (Phi) is 10.7. The molecule has 1 aliphatic carbocycles. The molecule has 6 heterocycles. The molecule has 5 aliphatic heterocycles. The number of aliphatic carboxylic acids is 2. The highest BCUT2D eigenvalue weighted by Gasteiger charge is 2.62. The molecule has 6 aliphatic rings. The minimum Gasteiger partial charge on any atom is -0.543 e. The number of nitrogen functional groups attached to an aromatic ring is 1. The van der Waals surface area contributed by atoms with Gasteiger partial charge in [0, 0.05) is 42.6 Å². The van der Waals surface area contributed by atoms with Crippen molar-refractivity contribution in [2.45, 2.75) is 68.7 Å². The second kappa shape index (κ2) is 14.8. The smallest absolute Gasteiger partial charge is 0.352 e. The average molecular weight is 762 g/mol. The van der Waals surface area contributed by atoms with Crippen LogP contribution in [0, 0.1) is 11.8 Å². The van der Waals surface area contributed by atoms with Gasteiger partial charge in [0.05, 0.1) is 56.0 Å². The number of nitrogens with two attached hydrogens (primary N) is 1. The number of fused-ring (bicyclic) bond motifs is 4. The van der Waals surface area contributed by atoms with Gasteiger partial charge in [-0.15, -0.1) is 23.1 Å². The number of methoxy groups -OCH3 is 1. The van der Waals surface area contributed by atoms with Crippen LogP contribution in [0.4, 0.5) is 5.13 Å². The fourth-order valence-corrected chi connectivity index (χ4v) is 10.4. The normalized spacial score (nSPS) is 29.6. The van der Waals surface area contributed by atoms with Crippen LogP contribution < -0.4 is 16.2 Å². The van der Waals surface area contributed by atoms with E-state index < -0.39 is 47.2 Å². The third-order valence-electron chi connectivity index (χ3n) is 10.8. The minimum atomic E-state index is -1.37. The molecule has 0 bridgehead atoms. The molecule has 52 heavy (non-hydrogen) atoms. The van der Waals surface area contributed by atoms with E-state index >= 15 is 0 Å². The first-order valence-electron chi connectivity index (χ1n) is 17.1. The molecule has 1 aromatic heterocycles. The van der Waals surface area contributed by atoms with E-state index in [0.29, 0.717) is 17.9 Å². The number of thiazole rings is 1. The summed E-state index contributed by atoms with van der Waals surface area (Å²) in [5, 5.41) is 38.8. The highest BCUT2D eigenvalue weighted by Crippen LogP contribution is 2.52. The molecule has 1 saturated carbocycles. The van der Waals surface area contributed by atoms with Crippen LogP contribution in [0.15, 0.2) is 33.1 Å². The topological polar surface area (TPSA) is 237 Å². The van der Waals surface area contributed by atoms with Crippen molar-refractivity contribution in [2.75, 3.05) is 52.4 Å². The van der Waals surface area contributed by atoms with Gasteiger partial charge in [0.15, 0.2) is 10.8 Å². The van der Waals surface area contributed by atoms with Crippen LogP contribution in [-0.4, -0.2) is 141 Å². The van der Waals surface area contributed by atoms with Crippen molar-refractivity contribution in [1.29, 1.82) is 0 Å². The van der Waals surface area contributed by atoms with E-state index in [2.05, 4.69) is 22.5 Å². The van der Waals surface area contributed by atoms with Crippen LogP contribution in [0.2, 0.25) is 0 Å². The summed E-state index contributed by atoms with van der Waals surface area (Å²) in [5.41, 5.74) is 7.22. The molecule has 7 atom stereocenters. The van der Waals surface area contributed by atoms with E-state index in [4.69, 9.17) is 15.3 Å². The number of ether oxygens (including phenoxy) is 1. The number of thioether (sulfide) groups is 1. The monoisotopic (exact) mass is 761 g/mol. The van der Waals surface area contributed by atoms with Crippen molar-refractivity contribution in [3.8, 4) is 0 Å². The number of carboxylic acid groups (broad SMARTS) is 2. The number of quaternary nitrogens is 1. The molecule has 0 radical (unpaired) electrons. The van der Waals surface area contributed by atoms with E-state index in [9.17, 15) is 39.3 Å². The first kappa shape index (κ1) is 37.7. The van der Waals surface area contributed by atoms with Crippen molar-refractivity contribution < 1.29 is 53.3 Å². The lowest BCUT2D eigenvalue weighted by Gasteiger charge is -2.51. The lowest BCUT2D eigenvalue weighted by molar-refractivity contribution is -0.893. The predicted octanol–water partition coefficient (Wildman–Crippen LogP) is -0.918. The van der Waals surface area contributed by atoms with Gasteiger partial charge in [-0.2, -0.15) is 0 Å². The second-order valence-corrected chi connectivity index (χ2v) is 16.1. The summed E-state index contributed by atoms with van der Waals surface area (Å²) in [6.45, 7) is 4.12. The number of carbonyl (C=O) groups is 5. The maximum Gasteiger partial charge on any atom is 0.352 e. The van der Waals surface area contributed by atoms with E-state index in [0.717, 1.165) is 66.6 Å². The molecule has 0 unspecified atom stereocenters. The molecule has 3 saturated heterocycles. The van der Waals surface area contributed by atoms with Gasteiger partial charge in [-0.3, -0.25) is 19.3 Å². The number of aromatic nitrogens is 1. The number of aliphatic hydroxyl groups excluding tert-OH is 1. The second-order valence-electron chi connectivity index (χ2n) is 14.1. The van der Waals surface area contributed by atoms with Crippen LogP contribution in [0.1, 0.15) is 44.7 Å². The Bertz CT molecular complexity index is 1750. The maximum atomic E-state index is 12.9. The van der Waals surface area contributed by atoms with Crippen LogP contribution >= 0.6 is 23.1 Å². The van der Waals surface area contributed by atoms with E-state index in [1.165, 1.54) is 28.7 Å². The summed E-state index contributed by atoms with van der Waals surface area (Å²) in [5.74, 6) is -3.89. The average Bonchev–Trinajstić information content (AvgIpc) is 3.81. The van der Waals surface area contributed by atoms with Crippen molar-refractivity contribution in [3.63, 3.8) is 0 Å². The Morgan fingerprint density at radius 3 is 2.44 bits per heavy atom. The Labute approximate surface area is 308 Å². The first-order valence-corrected chi connectivity index (χ1v) is 19.0. The number of aliphatic hydroxyl groups is 1. The van der Waals surface area contributed by atoms with Gasteiger partial charge < -0.3 is 50.1 Å². The van der Waals surface area contributed by atoms with Crippen molar-refractivity contribution in [3.05, 3.63) is 33.6 Å². The fraction of sp³-hybridized carbons (Fsp3) is 0.606. The SMILES string of the molecule is CO/N=C(\C(=O)N[C@@H]1C(=O)N2C(C(=O)[O-])=C(C[N+]3(C)CCCC3)CS[C@H]12)c1csc(N)n1.CO[C@H]1CCC[C@H]2C1=C(C(=O)O)N1C(=O)[C@H]([C@@H](C)O)[C@@H]21. The summed E-state index contributed by atoms with van der Waals surface area (Å²) in [6.07, 6.45) is 3.82. The zero-order chi connectivity index (χ0) is 37.6. The van der Waals surface area contributed by atoms with Gasteiger partial charge in [0.1, 0.15) is 36.5 Å². The van der Waals surface area contributed by atoms with Crippen LogP contribution in [0.25, 0.3) is 0 Å². The van der Waals surface area contributed by atoms with Crippen LogP contribution in [-0.2, 0) is 33.5 Å². The summed E-state index contributed by atoms with van der Waals surface area (Å²) < 4.78 is 6.18. The zero-order valence-electron chi connectivity index (χ0n) is 29.3. The molecule has 0 spiro atoms. The predicted molar refractivity (Wildman–Crippen MR) is 186 cm³/mol. The van der Waals surface area contributed by atoms with E-state index in [-0.39, 0.29) is 51.9 Å². The molecule has 282 valence electrons. The van der Waals surface area contributed by atoms with Gasteiger partial charge in [0.25, 0.3) is 11.8 Å². The van der Waals surface area contributed by atoms with Gasteiger partial charge >= 0.3 is 5.97 Å². The van der Waals surface area contributed by atoms with Crippen LogP contribution in [0.3, 0.4) is 0 Å². The number of hydrogen-bond acceptors (Lipinski definition) is 14. The molecule has 7 rings (SSSR count). The largest absolute Gasteiger partial charge is 0.543 e. The number of amides is 3. The lowest BCUT2D eigenvalue weighted by Crippen LogP contribution is -2.71. The Hall–Kier alpha value is -4.04. The summed E-state index contributed by atoms with van der Waals surface area (Å²) in [7, 11) is 4.97. The molecule has 0 aromatic carbocycles. The summed E-state index contributed by atoms with van der Waals surface area (Å²) in [4.78, 5) is 72.8. The van der Waals surface area contributed by atoms with Gasteiger partial charge in [-0.1, -0.05) is 5.16 Å². The van der Waals surface area contributed by atoms with Crippen molar-refractivity contribution in [1.82, 2.24) is 20.1 Å². The lowest BCUT2D eigenvalue weighted by atomic mass is 9.72.